The van der Waals surface area contributed by atoms with E-state index in [2.05, 4.69) is 10.6 Å². The molecule has 1 amide bonds. The molecule has 2 aliphatic carbocycles. The molecular weight excluding hydrogens is 586 g/mol. The van der Waals surface area contributed by atoms with Crippen molar-refractivity contribution in [3.63, 3.8) is 0 Å². The fourth-order valence-corrected chi connectivity index (χ4v) is 6.27. The first-order valence-electron chi connectivity index (χ1n) is 15.2. The topological polar surface area (TPSA) is 330 Å². The van der Waals surface area contributed by atoms with E-state index in [4.69, 9.17) is 47.6 Å². The summed E-state index contributed by atoms with van der Waals surface area (Å²) in [5.41, 5.74) is 29.8. The molecule has 2 saturated carbocycles. The molecule has 0 aromatic carbocycles. The molecule has 1 unspecified atom stereocenters. The van der Waals surface area contributed by atoms with Gasteiger partial charge < -0.3 is 88.9 Å². The van der Waals surface area contributed by atoms with E-state index in [9.17, 15) is 35.4 Å². The molecule has 2 aliphatic heterocycles. The van der Waals surface area contributed by atoms with Crippen molar-refractivity contribution >= 4 is 5.91 Å². The summed E-state index contributed by atoms with van der Waals surface area (Å²) in [5, 5.41) is 68.4. The molecule has 0 aromatic rings. The molecule has 256 valence electrons. The van der Waals surface area contributed by atoms with Crippen LogP contribution in [0.25, 0.3) is 0 Å². The van der Waals surface area contributed by atoms with Gasteiger partial charge >= 0.3 is 0 Å². The van der Waals surface area contributed by atoms with Gasteiger partial charge in [0.2, 0.25) is 5.91 Å². The van der Waals surface area contributed by atoms with Crippen molar-refractivity contribution in [2.75, 3.05) is 26.2 Å². The van der Waals surface area contributed by atoms with Gasteiger partial charge in [0.25, 0.3) is 0 Å². The minimum absolute atomic E-state index is 0.0323. The number of carbonyl (C=O) groups is 1. The van der Waals surface area contributed by atoms with Crippen molar-refractivity contribution in [2.45, 2.75) is 123 Å². The van der Waals surface area contributed by atoms with Crippen molar-refractivity contribution in [3.8, 4) is 0 Å². The van der Waals surface area contributed by atoms with Crippen molar-refractivity contribution < 1.29 is 54.4 Å². The van der Waals surface area contributed by atoms with Crippen LogP contribution in [0.4, 0.5) is 0 Å². The van der Waals surface area contributed by atoms with Crippen LogP contribution in [0.3, 0.4) is 0 Å². The molecular formula is C26H51N7O11. The third-order valence-corrected chi connectivity index (χ3v) is 9.04. The van der Waals surface area contributed by atoms with Gasteiger partial charge in [-0.15, -0.1) is 0 Å². The van der Waals surface area contributed by atoms with Gasteiger partial charge in [-0.25, -0.2) is 0 Å². The second-order valence-electron chi connectivity index (χ2n) is 12.5. The fraction of sp³-hybridized carbons (Fsp3) is 0.962. The Morgan fingerprint density at radius 1 is 0.841 bits per heavy atom. The smallest absolute Gasteiger partial charge is 0.250 e. The van der Waals surface area contributed by atoms with Crippen molar-refractivity contribution in [3.05, 3.63) is 0 Å². The van der Waals surface area contributed by atoms with Gasteiger partial charge in [0.1, 0.15) is 42.7 Å². The Morgan fingerprint density at radius 3 is 2.14 bits per heavy atom. The van der Waals surface area contributed by atoms with E-state index in [0.29, 0.717) is 12.5 Å². The van der Waals surface area contributed by atoms with Crippen LogP contribution in [0.15, 0.2) is 0 Å². The lowest BCUT2D eigenvalue weighted by Gasteiger charge is -2.48. The highest BCUT2D eigenvalue weighted by atomic mass is 16.7. The van der Waals surface area contributed by atoms with Crippen molar-refractivity contribution in [2.24, 2.45) is 34.6 Å². The SMILES string of the molecule is NC[C@H](O)C(=O)N[C@@H]1C[C@H](N)C(O[C@H]2O[C@H](CNCC3CC(N)C3)[C@@H](O)C[C@H]2N)[C@H](O)[C@H]1O[C@H]1O[C@H](CO)[C@@H](O)[C@H](N)[C@H]1O. The number of aliphatic hydroxyl groups excluding tert-OH is 6. The monoisotopic (exact) mass is 637 g/mol. The summed E-state index contributed by atoms with van der Waals surface area (Å²) in [4.78, 5) is 12.5. The molecule has 15 atom stereocenters. The van der Waals surface area contributed by atoms with Gasteiger partial charge in [-0.1, -0.05) is 0 Å². The van der Waals surface area contributed by atoms with E-state index in [0.717, 1.165) is 19.4 Å². The van der Waals surface area contributed by atoms with Crippen LogP contribution in [0, 0.1) is 5.92 Å². The summed E-state index contributed by atoms with van der Waals surface area (Å²) in [6.07, 6.45) is -12.0. The van der Waals surface area contributed by atoms with E-state index in [1.165, 1.54) is 0 Å². The molecule has 4 fully saturated rings. The fourth-order valence-electron chi connectivity index (χ4n) is 6.27. The van der Waals surface area contributed by atoms with Crippen LogP contribution in [0.2, 0.25) is 0 Å². The number of hydrogen-bond acceptors (Lipinski definition) is 17. The highest BCUT2D eigenvalue weighted by Gasteiger charge is 2.51. The van der Waals surface area contributed by atoms with Crippen LogP contribution in [0.5, 0.6) is 0 Å². The third kappa shape index (κ3) is 8.21. The van der Waals surface area contributed by atoms with Gasteiger partial charge in [-0.2, -0.15) is 0 Å². The summed E-state index contributed by atoms with van der Waals surface area (Å²) in [6.45, 7) is 0.0486. The molecule has 0 aromatic heterocycles. The molecule has 2 heterocycles. The summed E-state index contributed by atoms with van der Waals surface area (Å²) in [7, 11) is 0. The zero-order valence-corrected chi connectivity index (χ0v) is 24.6. The predicted molar refractivity (Wildman–Crippen MR) is 152 cm³/mol. The number of nitrogens with one attached hydrogen (secondary N) is 2. The molecule has 2 saturated heterocycles. The lowest BCUT2D eigenvalue weighted by molar-refractivity contribution is -0.316. The van der Waals surface area contributed by atoms with Crippen LogP contribution in [0.1, 0.15) is 25.7 Å². The van der Waals surface area contributed by atoms with Crippen molar-refractivity contribution in [1.29, 1.82) is 0 Å². The maximum atomic E-state index is 12.5. The molecule has 44 heavy (non-hydrogen) atoms. The molecule has 18 heteroatoms. The number of hydrogen-bond donors (Lipinski definition) is 13. The van der Waals surface area contributed by atoms with Crippen LogP contribution < -0.4 is 39.3 Å². The summed E-state index contributed by atoms with van der Waals surface area (Å²) in [5.74, 6) is -0.384. The van der Waals surface area contributed by atoms with Gasteiger partial charge in [0.15, 0.2) is 12.6 Å². The summed E-state index contributed by atoms with van der Waals surface area (Å²) < 4.78 is 23.6. The number of rotatable bonds is 12. The predicted octanol–water partition coefficient (Wildman–Crippen LogP) is -7.45. The van der Waals surface area contributed by atoms with Crippen LogP contribution in [-0.4, -0.2) is 161 Å². The first-order valence-corrected chi connectivity index (χ1v) is 15.2. The Labute approximate surface area is 255 Å². The quantitative estimate of drug-likeness (QED) is 0.0944. The Morgan fingerprint density at radius 2 is 1.50 bits per heavy atom. The summed E-state index contributed by atoms with van der Waals surface area (Å²) >= 11 is 0. The van der Waals surface area contributed by atoms with Gasteiger partial charge in [-0.3, -0.25) is 4.79 Å². The second kappa shape index (κ2) is 15.6. The van der Waals surface area contributed by atoms with E-state index < -0.39 is 104 Å². The largest absolute Gasteiger partial charge is 0.394 e. The Balaban J connectivity index is 1.46. The average molecular weight is 638 g/mol. The highest BCUT2D eigenvalue weighted by molar-refractivity contribution is 5.81. The van der Waals surface area contributed by atoms with E-state index in [1.807, 2.05) is 0 Å². The zero-order valence-electron chi connectivity index (χ0n) is 24.6. The first-order chi connectivity index (χ1) is 20.8. The van der Waals surface area contributed by atoms with E-state index >= 15 is 0 Å². The number of amides is 1. The van der Waals surface area contributed by atoms with Gasteiger partial charge in [0.05, 0.1) is 36.9 Å². The standard InChI is InChI=1S/C26H51N7O11/c27-5-15(36)24(40)33-13-3-11(29)22(21(39)23(13)44-26-20(38)18(31)19(37)17(8-34)42-26)43-25-12(30)4-14(35)16(41-25)7-32-6-9-1-10(28)2-9/h9-23,25-26,32,34-39H,1-8,27-31H2,(H,33,40)/t9?,10?,11-,12+,13+,14-,15-,16+,17+,18-,19+,20+,21-,22?,23-,25+,26+/m0/s1. The second-order valence-corrected chi connectivity index (χ2v) is 12.5. The minimum atomic E-state index is -1.58. The molecule has 0 radical (unpaired) electrons. The zero-order chi connectivity index (χ0) is 32.3. The molecule has 4 aliphatic rings. The number of carbonyl (C=O) groups excluding carboxylic acids is 1. The third-order valence-electron chi connectivity index (χ3n) is 9.04. The average Bonchev–Trinajstić information content (AvgIpc) is 2.97. The number of aliphatic hydroxyl groups is 6. The Hall–Kier alpha value is -1.17. The molecule has 0 bridgehead atoms. The van der Waals surface area contributed by atoms with E-state index in [-0.39, 0.29) is 25.4 Å². The molecule has 0 spiro atoms. The van der Waals surface area contributed by atoms with Crippen LogP contribution in [-0.2, 0) is 23.7 Å². The lowest BCUT2D eigenvalue weighted by atomic mass is 9.81. The number of ether oxygens (including phenoxy) is 4. The van der Waals surface area contributed by atoms with Crippen molar-refractivity contribution in [1.82, 2.24) is 10.6 Å². The number of nitrogens with two attached hydrogens (primary N) is 5. The lowest BCUT2D eigenvalue weighted by Crippen LogP contribution is -2.69. The first kappa shape index (κ1) is 35.7. The van der Waals surface area contributed by atoms with Crippen LogP contribution >= 0.6 is 0 Å². The Kier molecular flexibility index (Phi) is 12.7. The maximum absolute atomic E-state index is 12.5. The molecule has 4 rings (SSSR count). The highest BCUT2D eigenvalue weighted by Crippen LogP contribution is 2.32. The van der Waals surface area contributed by atoms with Gasteiger partial charge in [-0.05, 0) is 38.1 Å². The maximum Gasteiger partial charge on any atom is 0.250 e. The molecule has 18 nitrogen and oxygen atoms in total. The van der Waals surface area contributed by atoms with E-state index in [1.54, 1.807) is 0 Å². The van der Waals surface area contributed by atoms with Gasteiger partial charge in [0, 0.05) is 25.2 Å². The Bertz CT molecular complexity index is 922. The normalized spacial score (nSPS) is 47.1. The summed E-state index contributed by atoms with van der Waals surface area (Å²) in [6, 6.07) is -3.74. The minimum Gasteiger partial charge on any atom is -0.394 e. The molecule has 18 N–H and O–H groups in total.